The Labute approximate surface area is 125 Å². The largest absolute Gasteiger partial charge is 0.395 e. The van der Waals surface area contributed by atoms with E-state index in [0.717, 1.165) is 45.3 Å². The van der Waals surface area contributed by atoms with Crippen molar-refractivity contribution in [3.05, 3.63) is 29.6 Å². The standard InChI is InChI=1S/C16H22FN3O/c17-15-6-3-7-16(14(15)11-18)19-8-1-2-9-20-10-4-5-13(20)12-21/h3,6-7,13,19,21H,1-2,4-5,8-10,12H2/t13-/m0/s1. The molecule has 0 aliphatic carbocycles. The van der Waals surface area contributed by atoms with Crippen LogP contribution in [-0.2, 0) is 0 Å². The van der Waals surface area contributed by atoms with Crippen molar-refractivity contribution in [1.29, 1.82) is 5.26 Å². The van der Waals surface area contributed by atoms with E-state index in [4.69, 9.17) is 5.26 Å². The summed E-state index contributed by atoms with van der Waals surface area (Å²) in [6.45, 7) is 3.02. The van der Waals surface area contributed by atoms with Gasteiger partial charge in [-0.05, 0) is 50.9 Å². The van der Waals surface area contributed by atoms with E-state index in [1.807, 2.05) is 6.07 Å². The molecule has 1 heterocycles. The molecule has 4 nitrogen and oxygen atoms in total. The highest BCUT2D eigenvalue weighted by Gasteiger charge is 2.22. The molecule has 0 saturated carbocycles. The molecule has 21 heavy (non-hydrogen) atoms. The Bertz CT molecular complexity index is 501. The maximum Gasteiger partial charge on any atom is 0.143 e. The Morgan fingerprint density at radius 3 is 3.05 bits per heavy atom. The van der Waals surface area contributed by atoms with Crippen molar-refractivity contribution < 1.29 is 9.50 Å². The van der Waals surface area contributed by atoms with Crippen molar-refractivity contribution in [1.82, 2.24) is 4.90 Å². The van der Waals surface area contributed by atoms with Gasteiger partial charge in [0.25, 0.3) is 0 Å². The Morgan fingerprint density at radius 1 is 1.43 bits per heavy atom. The van der Waals surface area contributed by atoms with Crippen LogP contribution in [0.4, 0.5) is 10.1 Å². The normalized spacial score (nSPS) is 18.6. The minimum absolute atomic E-state index is 0.0809. The Kier molecular flexibility index (Phi) is 5.97. The van der Waals surface area contributed by atoms with Gasteiger partial charge in [0, 0.05) is 12.6 Å². The third-order valence-corrected chi connectivity index (χ3v) is 4.02. The smallest absolute Gasteiger partial charge is 0.143 e. The maximum atomic E-state index is 13.4. The van der Waals surface area contributed by atoms with Crippen molar-refractivity contribution in [2.75, 3.05) is 31.6 Å². The van der Waals surface area contributed by atoms with Crippen molar-refractivity contribution >= 4 is 5.69 Å². The second-order valence-corrected chi connectivity index (χ2v) is 5.42. The molecule has 1 aromatic rings. The summed E-state index contributed by atoms with van der Waals surface area (Å²) in [6.07, 6.45) is 4.23. The van der Waals surface area contributed by atoms with Crippen LogP contribution in [0.25, 0.3) is 0 Å². The predicted octanol–water partition coefficient (Wildman–Crippen LogP) is 2.35. The second-order valence-electron chi connectivity index (χ2n) is 5.42. The number of benzene rings is 1. The summed E-state index contributed by atoms with van der Waals surface area (Å²) in [6, 6.07) is 6.84. The number of anilines is 1. The van der Waals surface area contributed by atoms with Crippen LogP contribution in [0, 0.1) is 17.1 Å². The van der Waals surface area contributed by atoms with Gasteiger partial charge in [-0.3, -0.25) is 4.90 Å². The first-order chi connectivity index (χ1) is 10.3. The average molecular weight is 291 g/mol. The lowest BCUT2D eigenvalue weighted by Gasteiger charge is -2.22. The minimum Gasteiger partial charge on any atom is -0.395 e. The molecule has 114 valence electrons. The zero-order chi connectivity index (χ0) is 15.1. The molecule has 0 aromatic heterocycles. The molecule has 1 aromatic carbocycles. The number of nitriles is 1. The van der Waals surface area contributed by atoms with Gasteiger partial charge in [0.15, 0.2) is 0 Å². The molecule has 1 atom stereocenters. The highest BCUT2D eigenvalue weighted by molar-refractivity contribution is 5.57. The average Bonchev–Trinajstić information content (AvgIpc) is 2.94. The van der Waals surface area contributed by atoms with Gasteiger partial charge in [-0.2, -0.15) is 5.26 Å². The van der Waals surface area contributed by atoms with E-state index in [0.29, 0.717) is 11.7 Å². The molecule has 1 fully saturated rings. The van der Waals surface area contributed by atoms with E-state index < -0.39 is 5.82 Å². The predicted molar refractivity (Wildman–Crippen MR) is 80.5 cm³/mol. The highest BCUT2D eigenvalue weighted by atomic mass is 19.1. The van der Waals surface area contributed by atoms with Gasteiger partial charge in [-0.1, -0.05) is 6.07 Å². The van der Waals surface area contributed by atoms with E-state index >= 15 is 0 Å². The second kappa shape index (κ2) is 7.96. The molecule has 2 rings (SSSR count). The zero-order valence-electron chi connectivity index (χ0n) is 12.2. The van der Waals surface area contributed by atoms with Crippen molar-refractivity contribution in [3.8, 4) is 6.07 Å². The summed E-state index contributed by atoms with van der Waals surface area (Å²) < 4.78 is 13.4. The molecule has 0 radical (unpaired) electrons. The van der Waals surface area contributed by atoms with Crippen LogP contribution in [0.1, 0.15) is 31.2 Å². The van der Waals surface area contributed by atoms with Crippen LogP contribution >= 0.6 is 0 Å². The summed E-state index contributed by atoms with van der Waals surface area (Å²) in [7, 11) is 0. The SMILES string of the molecule is N#Cc1c(F)cccc1NCCCCN1CCC[C@H]1CO. The van der Waals surface area contributed by atoms with Gasteiger partial charge >= 0.3 is 0 Å². The molecular formula is C16H22FN3O. The molecule has 0 unspecified atom stereocenters. The summed E-state index contributed by atoms with van der Waals surface area (Å²) in [5, 5.41) is 21.3. The molecule has 1 aliphatic heterocycles. The number of nitrogens with one attached hydrogen (secondary N) is 1. The molecule has 5 heteroatoms. The van der Waals surface area contributed by atoms with E-state index in [2.05, 4.69) is 10.2 Å². The topological polar surface area (TPSA) is 59.3 Å². The quantitative estimate of drug-likeness (QED) is 0.757. The summed E-state index contributed by atoms with van der Waals surface area (Å²) in [5.41, 5.74) is 0.643. The first-order valence-corrected chi connectivity index (χ1v) is 7.53. The van der Waals surface area contributed by atoms with E-state index in [9.17, 15) is 9.50 Å². The first-order valence-electron chi connectivity index (χ1n) is 7.53. The zero-order valence-corrected chi connectivity index (χ0v) is 12.2. The Balaban J connectivity index is 1.71. The number of hydrogen-bond donors (Lipinski definition) is 2. The number of aliphatic hydroxyl groups excluding tert-OH is 1. The van der Waals surface area contributed by atoms with Crippen molar-refractivity contribution in [2.24, 2.45) is 0 Å². The van der Waals surface area contributed by atoms with Crippen LogP contribution in [-0.4, -0.2) is 42.3 Å². The summed E-state index contributed by atoms with van der Waals surface area (Å²) in [4.78, 5) is 2.34. The van der Waals surface area contributed by atoms with Crippen molar-refractivity contribution in [3.63, 3.8) is 0 Å². The molecule has 0 spiro atoms. The minimum atomic E-state index is -0.481. The van der Waals surface area contributed by atoms with Gasteiger partial charge in [0.2, 0.25) is 0 Å². The van der Waals surface area contributed by atoms with Gasteiger partial charge < -0.3 is 10.4 Å². The van der Waals surface area contributed by atoms with Crippen LogP contribution < -0.4 is 5.32 Å². The van der Waals surface area contributed by atoms with E-state index in [-0.39, 0.29) is 12.2 Å². The molecule has 0 amide bonds. The lowest BCUT2D eigenvalue weighted by atomic mass is 10.1. The fraction of sp³-hybridized carbons (Fsp3) is 0.562. The van der Waals surface area contributed by atoms with E-state index in [1.54, 1.807) is 12.1 Å². The summed E-state index contributed by atoms with van der Waals surface area (Å²) >= 11 is 0. The van der Waals surface area contributed by atoms with Gasteiger partial charge in [0.1, 0.15) is 17.4 Å². The monoisotopic (exact) mass is 291 g/mol. The van der Waals surface area contributed by atoms with Crippen LogP contribution in [0.5, 0.6) is 0 Å². The third kappa shape index (κ3) is 4.16. The fourth-order valence-corrected chi connectivity index (χ4v) is 2.84. The Morgan fingerprint density at radius 2 is 2.29 bits per heavy atom. The number of hydrogen-bond acceptors (Lipinski definition) is 4. The van der Waals surface area contributed by atoms with Gasteiger partial charge in [-0.15, -0.1) is 0 Å². The first kappa shape index (κ1) is 15.7. The molecular weight excluding hydrogens is 269 g/mol. The van der Waals surface area contributed by atoms with Crippen LogP contribution in [0.2, 0.25) is 0 Å². The number of likely N-dealkylation sites (tertiary alicyclic amines) is 1. The van der Waals surface area contributed by atoms with Crippen LogP contribution in [0.3, 0.4) is 0 Å². The third-order valence-electron chi connectivity index (χ3n) is 4.02. The molecule has 1 aliphatic rings. The van der Waals surface area contributed by atoms with E-state index in [1.165, 1.54) is 6.07 Å². The molecule has 0 bridgehead atoms. The van der Waals surface area contributed by atoms with Gasteiger partial charge in [-0.25, -0.2) is 4.39 Å². The molecule has 2 N–H and O–H groups in total. The summed E-state index contributed by atoms with van der Waals surface area (Å²) in [5.74, 6) is -0.481. The number of rotatable bonds is 7. The van der Waals surface area contributed by atoms with Gasteiger partial charge in [0.05, 0.1) is 12.3 Å². The van der Waals surface area contributed by atoms with Crippen LogP contribution in [0.15, 0.2) is 18.2 Å². The Hall–Kier alpha value is -1.64. The fourth-order valence-electron chi connectivity index (χ4n) is 2.84. The number of aliphatic hydroxyl groups is 1. The van der Waals surface area contributed by atoms with Crippen molar-refractivity contribution in [2.45, 2.75) is 31.7 Å². The lowest BCUT2D eigenvalue weighted by Crippen LogP contribution is -2.33. The number of unbranched alkanes of at least 4 members (excludes halogenated alkanes) is 1. The number of nitrogens with zero attached hydrogens (tertiary/aromatic N) is 2. The molecule has 1 saturated heterocycles. The number of halogens is 1. The lowest BCUT2D eigenvalue weighted by molar-refractivity contribution is 0.157. The maximum absolute atomic E-state index is 13.4. The highest BCUT2D eigenvalue weighted by Crippen LogP contribution is 2.19.